The normalized spacial score (nSPS) is 11.3. The number of H-pyrrole nitrogens is 1. The molecule has 1 amide bonds. The molecule has 5 nitrogen and oxygen atoms in total. The fraction of sp³-hybridized carbons (Fsp3) is 0. The molecule has 0 aliphatic heterocycles. The van der Waals surface area contributed by atoms with Crippen LogP contribution in [0.25, 0.3) is 22.7 Å². The first-order valence-corrected chi connectivity index (χ1v) is 6.64. The second-order valence-electron chi connectivity index (χ2n) is 4.74. The number of primary amides is 1. The van der Waals surface area contributed by atoms with Gasteiger partial charge in [-0.05, 0) is 23.8 Å². The number of hydrogen-bond donors (Lipinski definition) is 2. The van der Waals surface area contributed by atoms with Gasteiger partial charge in [-0.1, -0.05) is 30.3 Å². The van der Waals surface area contributed by atoms with Gasteiger partial charge in [0, 0.05) is 22.7 Å². The number of nitriles is 1. The summed E-state index contributed by atoms with van der Waals surface area (Å²) in [7, 11) is 0. The van der Waals surface area contributed by atoms with E-state index in [9.17, 15) is 4.79 Å². The summed E-state index contributed by atoms with van der Waals surface area (Å²) in [6.45, 7) is 0. The summed E-state index contributed by atoms with van der Waals surface area (Å²) in [5, 5.41) is 9.70. The number of benzene rings is 1. The third kappa shape index (κ3) is 2.45. The summed E-state index contributed by atoms with van der Waals surface area (Å²) in [5.41, 5.74) is 8.41. The van der Waals surface area contributed by atoms with E-state index in [0.29, 0.717) is 16.9 Å². The molecule has 3 aromatic rings. The van der Waals surface area contributed by atoms with Crippen molar-refractivity contribution in [2.24, 2.45) is 5.73 Å². The van der Waals surface area contributed by atoms with Gasteiger partial charge in [0.25, 0.3) is 0 Å². The minimum absolute atomic E-state index is 0.336. The standard InChI is InChI=1S/C17H12N4O/c18-9-13-6-7-14-12(10-20-17(14)21-13)8-15(16(19)22)11-4-2-1-3-5-11/h1-8,10H,(H2,19,22)(H,20,21). The van der Waals surface area contributed by atoms with Crippen LogP contribution in [-0.4, -0.2) is 15.9 Å². The molecule has 0 fully saturated rings. The Morgan fingerprint density at radius 2 is 2.00 bits per heavy atom. The molecule has 2 heterocycles. The molecule has 0 unspecified atom stereocenters. The molecule has 3 N–H and O–H groups in total. The molecule has 0 saturated heterocycles. The van der Waals surface area contributed by atoms with Crippen LogP contribution in [0.4, 0.5) is 0 Å². The summed E-state index contributed by atoms with van der Waals surface area (Å²) in [5.74, 6) is -0.498. The van der Waals surface area contributed by atoms with E-state index in [4.69, 9.17) is 11.0 Å². The number of rotatable bonds is 3. The van der Waals surface area contributed by atoms with Crippen molar-refractivity contribution >= 4 is 28.6 Å². The lowest BCUT2D eigenvalue weighted by Gasteiger charge is -2.03. The molecule has 0 spiro atoms. The van der Waals surface area contributed by atoms with E-state index in [2.05, 4.69) is 9.97 Å². The Balaban J connectivity index is 2.14. The number of aromatic nitrogens is 2. The van der Waals surface area contributed by atoms with Gasteiger partial charge in [0.05, 0.1) is 0 Å². The van der Waals surface area contributed by atoms with Crippen LogP contribution in [0.3, 0.4) is 0 Å². The molecular weight excluding hydrogens is 276 g/mol. The molecule has 0 aliphatic rings. The van der Waals surface area contributed by atoms with Crippen molar-refractivity contribution in [1.29, 1.82) is 5.26 Å². The number of pyridine rings is 1. The van der Waals surface area contributed by atoms with Crippen LogP contribution in [0.5, 0.6) is 0 Å². The lowest BCUT2D eigenvalue weighted by atomic mass is 10.0. The molecular formula is C17H12N4O. The summed E-state index contributed by atoms with van der Waals surface area (Å²) < 4.78 is 0. The Hall–Kier alpha value is -3.39. The third-order valence-electron chi connectivity index (χ3n) is 3.34. The largest absolute Gasteiger partial charge is 0.366 e. The molecule has 0 saturated carbocycles. The molecule has 5 heteroatoms. The molecule has 3 rings (SSSR count). The smallest absolute Gasteiger partial charge is 0.249 e. The number of nitrogens with zero attached hydrogens (tertiary/aromatic N) is 2. The summed E-state index contributed by atoms with van der Waals surface area (Å²) >= 11 is 0. The molecule has 0 radical (unpaired) electrons. The topological polar surface area (TPSA) is 95.6 Å². The summed E-state index contributed by atoms with van der Waals surface area (Å²) in [6, 6.07) is 14.7. The van der Waals surface area contributed by atoms with E-state index in [-0.39, 0.29) is 0 Å². The third-order valence-corrected chi connectivity index (χ3v) is 3.34. The zero-order valence-corrected chi connectivity index (χ0v) is 11.6. The van der Waals surface area contributed by atoms with E-state index >= 15 is 0 Å². The number of fused-ring (bicyclic) bond motifs is 1. The van der Waals surface area contributed by atoms with Gasteiger partial charge in [-0.25, -0.2) is 4.98 Å². The number of nitrogens with two attached hydrogens (primary N) is 1. The fourth-order valence-corrected chi connectivity index (χ4v) is 2.28. The fourth-order valence-electron chi connectivity index (χ4n) is 2.28. The maximum Gasteiger partial charge on any atom is 0.249 e. The van der Waals surface area contributed by atoms with Crippen molar-refractivity contribution in [2.45, 2.75) is 0 Å². The Labute approximate surface area is 126 Å². The Morgan fingerprint density at radius 1 is 1.23 bits per heavy atom. The van der Waals surface area contributed by atoms with Gasteiger partial charge in [-0.3, -0.25) is 4.79 Å². The second kappa shape index (κ2) is 5.54. The maximum atomic E-state index is 11.7. The highest BCUT2D eigenvalue weighted by Crippen LogP contribution is 2.23. The van der Waals surface area contributed by atoms with Crippen molar-refractivity contribution in [3.8, 4) is 6.07 Å². The summed E-state index contributed by atoms with van der Waals surface area (Å²) in [6.07, 6.45) is 3.47. The zero-order valence-electron chi connectivity index (χ0n) is 11.6. The highest BCUT2D eigenvalue weighted by molar-refractivity contribution is 6.24. The maximum absolute atomic E-state index is 11.7. The predicted molar refractivity (Wildman–Crippen MR) is 84.3 cm³/mol. The van der Waals surface area contributed by atoms with Gasteiger partial charge < -0.3 is 10.7 Å². The van der Waals surface area contributed by atoms with Gasteiger partial charge in [0.1, 0.15) is 17.4 Å². The van der Waals surface area contributed by atoms with Gasteiger partial charge in [-0.15, -0.1) is 0 Å². The monoisotopic (exact) mass is 288 g/mol. The lowest BCUT2D eigenvalue weighted by Crippen LogP contribution is -2.12. The van der Waals surface area contributed by atoms with E-state index in [1.165, 1.54) is 0 Å². The second-order valence-corrected chi connectivity index (χ2v) is 4.74. The molecule has 106 valence electrons. The van der Waals surface area contributed by atoms with E-state index in [1.807, 2.05) is 36.4 Å². The van der Waals surface area contributed by atoms with Crippen LogP contribution in [0.1, 0.15) is 16.8 Å². The van der Waals surface area contributed by atoms with Crippen LogP contribution < -0.4 is 5.73 Å². The molecule has 0 atom stereocenters. The van der Waals surface area contributed by atoms with Crippen molar-refractivity contribution in [3.63, 3.8) is 0 Å². The minimum Gasteiger partial charge on any atom is -0.366 e. The predicted octanol–water partition coefficient (Wildman–Crippen LogP) is 2.46. The Kier molecular flexibility index (Phi) is 3.42. The minimum atomic E-state index is -0.498. The number of carbonyl (C=O) groups is 1. The van der Waals surface area contributed by atoms with E-state index in [0.717, 1.165) is 16.5 Å². The first kappa shape index (κ1) is 13.6. The zero-order chi connectivity index (χ0) is 15.5. The van der Waals surface area contributed by atoms with Crippen molar-refractivity contribution in [2.75, 3.05) is 0 Å². The van der Waals surface area contributed by atoms with E-state index in [1.54, 1.807) is 24.4 Å². The van der Waals surface area contributed by atoms with Crippen LogP contribution in [0.2, 0.25) is 0 Å². The van der Waals surface area contributed by atoms with Crippen molar-refractivity contribution < 1.29 is 4.79 Å². The molecule has 1 aromatic carbocycles. The molecule has 0 bridgehead atoms. The van der Waals surface area contributed by atoms with Gasteiger partial charge in [0.2, 0.25) is 5.91 Å². The summed E-state index contributed by atoms with van der Waals surface area (Å²) in [4.78, 5) is 18.9. The van der Waals surface area contributed by atoms with Crippen LogP contribution in [-0.2, 0) is 4.79 Å². The number of hydrogen-bond acceptors (Lipinski definition) is 3. The van der Waals surface area contributed by atoms with E-state index < -0.39 is 5.91 Å². The van der Waals surface area contributed by atoms with Crippen molar-refractivity contribution in [1.82, 2.24) is 9.97 Å². The molecule has 2 aromatic heterocycles. The van der Waals surface area contributed by atoms with Gasteiger partial charge in [-0.2, -0.15) is 5.26 Å². The average molecular weight is 288 g/mol. The quantitative estimate of drug-likeness (QED) is 0.724. The SMILES string of the molecule is N#Cc1ccc2c(C=C(C(N)=O)c3ccccc3)c[nH]c2n1. The van der Waals surface area contributed by atoms with Crippen LogP contribution in [0, 0.1) is 11.3 Å². The van der Waals surface area contributed by atoms with Crippen LogP contribution in [0.15, 0.2) is 48.7 Å². The molecule has 22 heavy (non-hydrogen) atoms. The first-order chi connectivity index (χ1) is 10.7. The Bertz CT molecular complexity index is 917. The first-order valence-electron chi connectivity index (χ1n) is 6.64. The van der Waals surface area contributed by atoms with Crippen LogP contribution >= 0.6 is 0 Å². The Morgan fingerprint density at radius 3 is 2.68 bits per heavy atom. The number of carbonyl (C=O) groups excluding carboxylic acids is 1. The molecule has 0 aliphatic carbocycles. The lowest BCUT2D eigenvalue weighted by molar-refractivity contribution is -0.112. The highest BCUT2D eigenvalue weighted by Gasteiger charge is 2.10. The number of amides is 1. The van der Waals surface area contributed by atoms with Crippen molar-refractivity contribution in [3.05, 3.63) is 65.5 Å². The highest BCUT2D eigenvalue weighted by atomic mass is 16.1. The van der Waals surface area contributed by atoms with Gasteiger partial charge >= 0.3 is 0 Å². The number of nitrogens with one attached hydrogen (secondary N) is 1. The average Bonchev–Trinajstić information content (AvgIpc) is 2.95. The number of aromatic amines is 1. The van der Waals surface area contributed by atoms with Gasteiger partial charge in [0.15, 0.2) is 0 Å².